The molecule has 6 heteroatoms. The summed E-state index contributed by atoms with van der Waals surface area (Å²) in [6.45, 7) is 0. The molecule has 2 heterocycles. The van der Waals surface area contributed by atoms with E-state index in [9.17, 15) is 4.79 Å². The Balaban J connectivity index is 2.09. The highest BCUT2D eigenvalue weighted by atomic mass is 32.1. The van der Waals surface area contributed by atoms with Gasteiger partial charge in [0.15, 0.2) is 0 Å². The topological polar surface area (TPSA) is 68.0 Å². The van der Waals surface area contributed by atoms with Crippen LogP contribution >= 0.6 is 11.3 Å². The Hall–Kier alpha value is -2.47. The summed E-state index contributed by atoms with van der Waals surface area (Å²) in [5.74, 6) is -0.853. The Labute approximate surface area is 125 Å². The van der Waals surface area contributed by atoms with E-state index < -0.39 is 5.97 Å². The molecule has 2 aromatic heterocycles. The molecule has 0 aliphatic heterocycles. The van der Waals surface area contributed by atoms with Crippen LogP contribution < -0.4 is 0 Å². The van der Waals surface area contributed by atoms with E-state index in [1.54, 1.807) is 10.9 Å². The Morgan fingerprint density at radius 1 is 1.29 bits per heavy atom. The van der Waals surface area contributed by atoms with Gasteiger partial charge >= 0.3 is 5.97 Å². The number of aliphatic carboxylic acids is 1. The molecule has 0 bridgehead atoms. The lowest BCUT2D eigenvalue weighted by molar-refractivity contribution is -0.136. The highest BCUT2D eigenvalue weighted by Gasteiger charge is 2.17. The van der Waals surface area contributed by atoms with Gasteiger partial charge in [-0.25, -0.2) is 4.98 Å². The second-order valence-electron chi connectivity index (χ2n) is 4.63. The average molecular weight is 299 g/mol. The van der Waals surface area contributed by atoms with Crippen LogP contribution in [-0.4, -0.2) is 25.8 Å². The van der Waals surface area contributed by atoms with Gasteiger partial charge in [0.2, 0.25) is 0 Å². The molecule has 3 aromatic rings. The van der Waals surface area contributed by atoms with Crippen molar-refractivity contribution in [3.63, 3.8) is 0 Å². The van der Waals surface area contributed by atoms with E-state index in [-0.39, 0.29) is 6.42 Å². The Bertz CT molecular complexity index is 777. The normalized spacial score (nSPS) is 10.7. The summed E-state index contributed by atoms with van der Waals surface area (Å²) < 4.78 is 1.70. The molecule has 0 saturated heterocycles. The van der Waals surface area contributed by atoms with E-state index in [1.807, 2.05) is 43.6 Å². The average Bonchev–Trinajstić information content (AvgIpc) is 3.06. The lowest BCUT2D eigenvalue weighted by atomic mass is 10.1. The fourth-order valence-electron chi connectivity index (χ4n) is 2.09. The molecule has 0 fully saturated rings. The summed E-state index contributed by atoms with van der Waals surface area (Å²) in [5.41, 5.74) is 2.57. The van der Waals surface area contributed by atoms with Crippen LogP contribution in [0.4, 0.5) is 0 Å². The van der Waals surface area contributed by atoms with Gasteiger partial charge in [-0.05, 0) is 0 Å². The number of carbonyl (C=O) groups is 1. The number of aryl methyl sites for hydroxylation is 1. The molecule has 1 aromatic carbocycles. The molecule has 3 rings (SSSR count). The van der Waals surface area contributed by atoms with Crippen LogP contribution in [0.15, 0.2) is 42.7 Å². The van der Waals surface area contributed by atoms with Crippen LogP contribution in [0.5, 0.6) is 0 Å². The van der Waals surface area contributed by atoms with Crippen molar-refractivity contribution in [2.24, 2.45) is 7.05 Å². The van der Waals surface area contributed by atoms with Crippen molar-refractivity contribution < 1.29 is 9.90 Å². The first-order valence-corrected chi connectivity index (χ1v) is 7.21. The molecule has 0 saturated carbocycles. The minimum atomic E-state index is -0.853. The van der Waals surface area contributed by atoms with Crippen molar-refractivity contribution in [2.45, 2.75) is 6.42 Å². The van der Waals surface area contributed by atoms with Crippen LogP contribution in [0.3, 0.4) is 0 Å². The summed E-state index contributed by atoms with van der Waals surface area (Å²) in [6.07, 6.45) is 3.58. The monoisotopic (exact) mass is 299 g/mol. The summed E-state index contributed by atoms with van der Waals surface area (Å²) in [4.78, 5) is 16.4. The van der Waals surface area contributed by atoms with Gasteiger partial charge in [-0.3, -0.25) is 9.48 Å². The number of rotatable bonds is 4. The van der Waals surface area contributed by atoms with Crippen LogP contribution in [0, 0.1) is 0 Å². The van der Waals surface area contributed by atoms with E-state index in [0.29, 0.717) is 0 Å². The van der Waals surface area contributed by atoms with Crippen LogP contribution in [-0.2, 0) is 18.3 Å². The minimum absolute atomic E-state index is 0.0256. The van der Waals surface area contributed by atoms with Crippen LogP contribution in [0.25, 0.3) is 21.8 Å². The first-order chi connectivity index (χ1) is 10.1. The lowest BCUT2D eigenvalue weighted by Crippen LogP contribution is -1.99. The molecule has 0 aliphatic carbocycles. The van der Waals surface area contributed by atoms with Gasteiger partial charge in [0.25, 0.3) is 0 Å². The summed E-state index contributed by atoms with van der Waals surface area (Å²) in [6, 6.07) is 9.64. The van der Waals surface area contributed by atoms with Crippen molar-refractivity contribution in [3.05, 3.63) is 47.6 Å². The molecule has 1 N–H and O–H groups in total. The number of nitrogens with zero attached hydrogens (tertiary/aromatic N) is 3. The first kappa shape index (κ1) is 13.5. The Kier molecular flexibility index (Phi) is 3.53. The third-order valence-electron chi connectivity index (χ3n) is 3.01. The van der Waals surface area contributed by atoms with Gasteiger partial charge in [-0.1, -0.05) is 30.3 Å². The lowest BCUT2D eigenvalue weighted by Gasteiger charge is -1.99. The summed E-state index contributed by atoms with van der Waals surface area (Å²) in [7, 11) is 1.84. The molecular formula is C15H13N3O2S. The molecule has 0 atom stereocenters. The van der Waals surface area contributed by atoms with Crippen molar-refractivity contribution in [1.82, 2.24) is 14.8 Å². The number of thiazole rings is 1. The summed E-state index contributed by atoms with van der Waals surface area (Å²) >= 11 is 1.40. The fraction of sp³-hybridized carbons (Fsp3) is 0.133. The van der Waals surface area contributed by atoms with Gasteiger partial charge in [0.05, 0.1) is 18.3 Å². The maximum absolute atomic E-state index is 11.1. The zero-order valence-corrected chi connectivity index (χ0v) is 12.2. The van der Waals surface area contributed by atoms with Crippen molar-refractivity contribution in [1.29, 1.82) is 0 Å². The van der Waals surface area contributed by atoms with Gasteiger partial charge in [-0.2, -0.15) is 5.10 Å². The maximum Gasteiger partial charge on any atom is 0.308 e. The van der Waals surface area contributed by atoms with Gasteiger partial charge in [-0.15, -0.1) is 11.3 Å². The number of benzene rings is 1. The standard InChI is InChI=1S/C15H13N3O2S/c1-18-9-11(8-16-18)15-17-14(10-5-3-2-4-6-10)12(21-15)7-13(19)20/h2-6,8-9H,7H2,1H3,(H,19,20). The first-order valence-electron chi connectivity index (χ1n) is 6.39. The third kappa shape index (κ3) is 2.85. The smallest absolute Gasteiger partial charge is 0.308 e. The third-order valence-corrected chi connectivity index (χ3v) is 4.11. The molecule has 0 radical (unpaired) electrons. The van der Waals surface area contributed by atoms with Crippen LogP contribution in [0.1, 0.15) is 4.88 Å². The number of carboxylic acid groups (broad SMARTS) is 1. The number of hydrogen-bond acceptors (Lipinski definition) is 4. The summed E-state index contributed by atoms with van der Waals surface area (Å²) in [5, 5.41) is 14.0. The Morgan fingerprint density at radius 2 is 2.05 bits per heavy atom. The molecular weight excluding hydrogens is 286 g/mol. The zero-order valence-electron chi connectivity index (χ0n) is 11.4. The van der Waals surface area contributed by atoms with Crippen molar-refractivity contribution in [2.75, 3.05) is 0 Å². The molecule has 106 valence electrons. The van der Waals surface area contributed by atoms with E-state index in [1.165, 1.54) is 11.3 Å². The van der Waals surface area contributed by atoms with E-state index in [2.05, 4.69) is 10.1 Å². The number of aromatic nitrogens is 3. The van der Waals surface area contributed by atoms with E-state index in [4.69, 9.17) is 5.11 Å². The van der Waals surface area contributed by atoms with Gasteiger partial charge in [0, 0.05) is 29.2 Å². The minimum Gasteiger partial charge on any atom is -0.481 e. The van der Waals surface area contributed by atoms with E-state index >= 15 is 0 Å². The quantitative estimate of drug-likeness (QED) is 0.804. The van der Waals surface area contributed by atoms with Crippen molar-refractivity contribution in [3.8, 4) is 21.8 Å². The fourth-order valence-corrected chi connectivity index (χ4v) is 3.14. The van der Waals surface area contributed by atoms with E-state index in [0.717, 1.165) is 26.7 Å². The number of carboxylic acids is 1. The predicted octanol–water partition coefficient (Wildman–Crippen LogP) is 2.84. The molecule has 5 nitrogen and oxygen atoms in total. The second-order valence-corrected chi connectivity index (χ2v) is 5.71. The molecule has 0 spiro atoms. The zero-order chi connectivity index (χ0) is 14.8. The second kappa shape index (κ2) is 5.49. The molecule has 0 aliphatic rings. The highest BCUT2D eigenvalue weighted by Crippen LogP contribution is 2.33. The molecule has 0 amide bonds. The molecule has 0 unspecified atom stereocenters. The predicted molar refractivity (Wildman–Crippen MR) is 81.1 cm³/mol. The SMILES string of the molecule is Cn1cc(-c2nc(-c3ccccc3)c(CC(=O)O)s2)cn1. The van der Waals surface area contributed by atoms with Crippen molar-refractivity contribution >= 4 is 17.3 Å². The highest BCUT2D eigenvalue weighted by molar-refractivity contribution is 7.15. The van der Waals surface area contributed by atoms with Crippen LogP contribution in [0.2, 0.25) is 0 Å². The molecule has 21 heavy (non-hydrogen) atoms. The largest absolute Gasteiger partial charge is 0.481 e. The number of hydrogen-bond donors (Lipinski definition) is 1. The Morgan fingerprint density at radius 3 is 2.67 bits per heavy atom. The van der Waals surface area contributed by atoms with Gasteiger partial charge < -0.3 is 5.11 Å². The van der Waals surface area contributed by atoms with Gasteiger partial charge in [0.1, 0.15) is 5.01 Å². The maximum atomic E-state index is 11.1.